The molecule has 3 rings (SSSR count). The van der Waals surface area contributed by atoms with Crippen LogP contribution in [-0.4, -0.2) is 9.38 Å². The smallest absolute Gasteiger partial charge is 0.140 e. The molecule has 0 saturated heterocycles. The molecule has 0 aliphatic carbocycles. The van der Waals surface area contributed by atoms with Crippen molar-refractivity contribution in [2.45, 2.75) is 13.8 Å². The zero-order valence-corrected chi connectivity index (χ0v) is 11.1. The standard InChI is InChI=1S/C15H13ClN2/c1-10-4-3-7-18-9-14(17-15(10)18)12-5-6-13(16)11(2)8-12/h3-9H,1-2H3. The molecule has 0 aliphatic rings. The molecule has 3 aromatic rings. The van der Waals surface area contributed by atoms with Gasteiger partial charge in [0, 0.05) is 23.0 Å². The van der Waals surface area contributed by atoms with Crippen molar-refractivity contribution in [2.75, 3.05) is 0 Å². The minimum atomic E-state index is 0.790. The van der Waals surface area contributed by atoms with E-state index in [1.165, 1.54) is 5.56 Å². The van der Waals surface area contributed by atoms with Crippen LogP contribution >= 0.6 is 11.6 Å². The molecule has 0 N–H and O–H groups in total. The number of aromatic nitrogens is 2. The summed E-state index contributed by atoms with van der Waals surface area (Å²) in [4.78, 5) is 4.67. The number of hydrogen-bond acceptors (Lipinski definition) is 1. The van der Waals surface area contributed by atoms with Gasteiger partial charge in [0.2, 0.25) is 0 Å². The first-order chi connectivity index (χ1) is 8.65. The van der Waals surface area contributed by atoms with E-state index in [2.05, 4.69) is 28.4 Å². The van der Waals surface area contributed by atoms with Crippen molar-refractivity contribution in [3.05, 3.63) is 58.9 Å². The molecule has 2 heterocycles. The number of hydrogen-bond donors (Lipinski definition) is 0. The van der Waals surface area contributed by atoms with Crippen molar-refractivity contribution < 1.29 is 0 Å². The van der Waals surface area contributed by atoms with Gasteiger partial charge in [0.15, 0.2) is 0 Å². The second-order valence-electron chi connectivity index (χ2n) is 4.51. The molecule has 0 atom stereocenters. The third kappa shape index (κ3) is 1.79. The molecule has 3 heteroatoms. The second-order valence-corrected chi connectivity index (χ2v) is 4.92. The average Bonchev–Trinajstić information content (AvgIpc) is 2.78. The molecule has 0 spiro atoms. The van der Waals surface area contributed by atoms with Crippen molar-refractivity contribution >= 4 is 17.2 Å². The highest BCUT2D eigenvalue weighted by atomic mass is 35.5. The van der Waals surface area contributed by atoms with E-state index in [4.69, 9.17) is 11.6 Å². The lowest BCUT2D eigenvalue weighted by Gasteiger charge is -2.00. The van der Waals surface area contributed by atoms with Gasteiger partial charge in [-0.25, -0.2) is 4.98 Å². The summed E-state index contributed by atoms with van der Waals surface area (Å²) in [6.07, 6.45) is 4.06. The number of imidazole rings is 1. The number of rotatable bonds is 1. The van der Waals surface area contributed by atoms with Gasteiger partial charge >= 0.3 is 0 Å². The van der Waals surface area contributed by atoms with E-state index in [9.17, 15) is 0 Å². The maximum Gasteiger partial charge on any atom is 0.140 e. The first-order valence-corrected chi connectivity index (χ1v) is 6.24. The molecular weight excluding hydrogens is 244 g/mol. The van der Waals surface area contributed by atoms with Gasteiger partial charge in [-0.1, -0.05) is 23.7 Å². The Morgan fingerprint density at radius 1 is 1.11 bits per heavy atom. The van der Waals surface area contributed by atoms with E-state index in [1.807, 2.05) is 37.5 Å². The zero-order valence-electron chi connectivity index (χ0n) is 10.3. The molecule has 2 nitrogen and oxygen atoms in total. The number of fused-ring (bicyclic) bond motifs is 1. The van der Waals surface area contributed by atoms with Gasteiger partial charge in [0.1, 0.15) is 5.65 Å². The fourth-order valence-corrected chi connectivity index (χ4v) is 2.21. The van der Waals surface area contributed by atoms with E-state index < -0.39 is 0 Å². The summed E-state index contributed by atoms with van der Waals surface area (Å²) < 4.78 is 2.05. The van der Waals surface area contributed by atoms with E-state index in [0.717, 1.165) is 27.5 Å². The van der Waals surface area contributed by atoms with Gasteiger partial charge in [0.25, 0.3) is 0 Å². The predicted molar refractivity (Wildman–Crippen MR) is 75.1 cm³/mol. The Morgan fingerprint density at radius 3 is 2.67 bits per heavy atom. The number of halogens is 1. The summed E-state index contributed by atoms with van der Waals surface area (Å²) in [5, 5.41) is 0.790. The van der Waals surface area contributed by atoms with Crippen LogP contribution in [0.3, 0.4) is 0 Å². The molecule has 0 saturated carbocycles. The first kappa shape index (κ1) is 11.3. The Labute approximate surface area is 111 Å². The lowest BCUT2D eigenvalue weighted by molar-refractivity contribution is 1.16. The Balaban J connectivity index is 2.19. The van der Waals surface area contributed by atoms with Crippen LogP contribution in [0.25, 0.3) is 16.9 Å². The highest BCUT2D eigenvalue weighted by Gasteiger charge is 2.07. The molecule has 0 aliphatic heterocycles. The van der Waals surface area contributed by atoms with Crippen LogP contribution in [-0.2, 0) is 0 Å². The van der Waals surface area contributed by atoms with Crippen LogP contribution in [0.4, 0.5) is 0 Å². The third-order valence-electron chi connectivity index (χ3n) is 3.13. The van der Waals surface area contributed by atoms with Crippen molar-refractivity contribution in [1.29, 1.82) is 0 Å². The molecule has 0 unspecified atom stereocenters. The minimum absolute atomic E-state index is 0.790. The summed E-state index contributed by atoms with van der Waals surface area (Å²) in [6.45, 7) is 4.08. The fraction of sp³-hybridized carbons (Fsp3) is 0.133. The summed E-state index contributed by atoms with van der Waals surface area (Å²) >= 11 is 6.05. The quantitative estimate of drug-likeness (QED) is 0.636. The largest absolute Gasteiger partial charge is 0.306 e. The highest BCUT2D eigenvalue weighted by Crippen LogP contribution is 2.25. The number of benzene rings is 1. The lowest BCUT2D eigenvalue weighted by atomic mass is 10.1. The van der Waals surface area contributed by atoms with Crippen LogP contribution in [0.1, 0.15) is 11.1 Å². The van der Waals surface area contributed by atoms with Gasteiger partial charge in [-0.05, 0) is 43.2 Å². The minimum Gasteiger partial charge on any atom is -0.306 e. The average molecular weight is 257 g/mol. The van der Waals surface area contributed by atoms with E-state index in [0.29, 0.717) is 0 Å². The van der Waals surface area contributed by atoms with Gasteiger partial charge in [-0.2, -0.15) is 0 Å². The van der Waals surface area contributed by atoms with Crippen molar-refractivity contribution in [3.63, 3.8) is 0 Å². The Kier molecular flexibility index (Phi) is 2.60. The zero-order chi connectivity index (χ0) is 12.7. The molecule has 90 valence electrons. The number of aryl methyl sites for hydroxylation is 2. The number of pyridine rings is 1. The van der Waals surface area contributed by atoms with Gasteiger partial charge in [-0.3, -0.25) is 0 Å². The topological polar surface area (TPSA) is 17.3 Å². The van der Waals surface area contributed by atoms with Crippen LogP contribution in [0.15, 0.2) is 42.7 Å². The summed E-state index contributed by atoms with van der Waals surface area (Å²) in [5.41, 5.74) is 5.32. The number of nitrogens with zero attached hydrogens (tertiary/aromatic N) is 2. The highest BCUT2D eigenvalue weighted by molar-refractivity contribution is 6.31. The predicted octanol–water partition coefficient (Wildman–Crippen LogP) is 4.27. The monoisotopic (exact) mass is 256 g/mol. The van der Waals surface area contributed by atoms with Crippen LogP contribution < -0.4 is 0 Å². The van der Waals surface area contributed by atoms with Crippen LogP contribution in [0.2, 0.25) is 5.02 Å². The van der Waals surface area contributed by atoms with Crippen molar-refractivity contribution in [1.82, 2.24) is 9.38 Å². The van der Waals surface area contributed by atoms with Crippen LogP contribution in [0, 0.1) is 13.8 Å². The van der Waals surface area contributed by atoms with E-state index in [1.54, 1.807) is 0 Å². The second kappa shape index (κ2) is 4.14. The van der Waals surface area contributed by atoms with Crippen LogP contribution in [0.5, 0.6) is 0 Å². The fourth-order valence-electron chi connectivity index (χ4n) is 2.10. The lowest BCUT2D eigenvalue weighted by Crippen LogP contribution is -1.84. The van der Waals surface area contributed by atoms with Crippen molar-refractivity contribution in [2.24, 2.45) is 0 Å². The van der Waals surface area contributed by atoms with Gasteiger partial charge < -0.3 is 4.40 Å². The molecule has 18 heavy (non-hydrogen) atoms. The summed E-state index contributed by atoms with van der Waals surface area (Å²) in [7, 11) is 0. The molecule has 0 fully saturated rings. The molecular formula is C15H13ClN2. The normalized spacial score (nSPS) is 11.1. The SMILES string of the molecule is Cc1cc(-c2cn3cccc(C)c3n2)ccc1Cl. The van der Waals surface area contributed by atoms with E-state index in [-0.39, 0.29) is 0 Å². The first-order valence-electron chi connectivity index (χ1n) is 5.86. The van der Waals surface area contributed by atoms with Gasteiger partial charge in [-0.15, -0.1) is 0 Å². The molecule has 0 amide bonds. The molecule has 0 bridgehead atoms. The van der Waals surface area contributed by atoms with Crippen molar-refractivity contribution in [3.8, 4) is 11.3 Å². The molecule has 1 aromatic carbocycles. The van der Waals surface area contributed by atoms with Gasteiger partial charge in [0.05, 0.1) is 5.69 Å². The Morgan fingerprint density at radius 2 is 1.94 bits per heavy atom. The third-order valence-corrected chi connectivity index (χ3v) is 3.56. The summed E-state index contributed by atoms with van der Waals surface area (Å²) in [6, 6.07) is 10.1. The Hall–Kier alpha value is -1.80. The van der Waals surface area contributed by atoms with E-state index >= 15 is 0 Å². The summed E-state index contributed by atoms with van der Waals surface area (Å²) in [5.74, 6) is 0. The maximum absolute atomic E-state index is 6.05. The Bertz CT molecular complexity index is 728. The maximum atomic E-state index is 6.05. The molecule has 2 aromatic heterocycles. The molecule has 0 radical (unpaired) electrons.